The summed E-state index contributed by atoms with van der Waals surface area (Å²) in [6.07, 6.45) is 0. The minimum absolute atomic E-state index is 0.129. The maximum absolute atomic E-state index is 12.4. The van der Waals surface area contributed by atoms with Crippen LogP contribution in [0.4, 0.5) is 11.4 Å². The molecule has 2 aromatic carbocycles. The van der Waals surface area contributed by atoms with Crippen molar-refractivity contribution in [2.75, 3.05) is 10.0 Å². The Morgan fingerprint density at radius 3 is 2.27 bits per heavy atom. The second-order valence-electron chi connectivity index (χ2n) is 4.77. The molecule has 0 bridgehead atoms. The first-order valence-electron chi connectivity index (χ1n) is 6.44. The first-order chi connectivity index (χ1) is 10.3. The highest BCUT2D eigenvalue weighted by molar-refractivity contribution is 9.10. The molecule has 0 unspecified atom stereocenters. The van der Waals surface area contributed by atoms with Gasteiger partial charge in [0.05, 0.1) is 10.6 Å². The van der Waals surface area contributed by atoms with Gasteiger partial charge < -0.3 is 5.32 Å². The molecule has 2 rings (SSSR count). The van der Waals surface area contributed by atoms with Crippen molar-refractivity contribution in [2.24, 2.45) is 0 Å². The van der Waals surface area contributed by atoms with Crippen LogP contribution in [-0.4, -0.2) is 14.3 Å². The average molecular weight is 383 g/mol. The summed E-state index contributed by atoms with van der Waals surface area (Å²) in [7, 11) is -3.67. The van der Waals surface area contributed by atoms with E-state index in [9.17, 15) is 13.2 Å². The third kappa shape index (κ3) is 4.08. The molecule has 0 aliphatic rings. The van der Waals surface area contributed by atoms with Crippen molar-refractivity contribution in [1.29, 1.82) is 0 Å². The summed E-state index contributed by atoms with van der Waals surface area (Å²) in [5.41, 5.74) is 1.88. The Labute approximate surface area is 137 Å². The first-order valence-corrected chi connectivity index (χ1v) is 8.72. The Balaban J connectivity index is 2.24. The summed E-state index contributed by atoms with van der Waals surface area (Å²) in [4.78, 5) is 11.1. The lowest BCUT2D eigenvalue weighted by molar-refractivity contribution is -0.114. The smallest absolute Gasteiger partial charge is 0.261 e. The molecule has 2 aromatic rings. The molecule has 7 heteroatoms. The number of hydrogen-bond acceptors (Lipinski definition) is 3. The van der Waals surface area contributed by atoms with Gasteiger partial charge in [-0.15, -0.1) is 0 Å². The molecule has 0 aromatic heterocycles. The van der Waals surface area contributed by atoms with Crippen LogP contribution in [-0.2, 0) is 14.8 Å². The van der Waals surface area contributed by atoms with Gasteiger partial charge in [-0.1, -0.05) is 15.9 Å². The quantitative estimate of drug-likeness (QED) is 0.849. The SMILES string of the molecule is CC(=O)Nc1ccc(S(=O)(=O)Nc2ccc(Br)cc2C)cc1. The van der Waals surface area contributed by atoms with Gasteiger partial charge in [0.1, 0.15) is 0 Å². The summed E-state index contributed by atoms with van der Waals surface area (Å²) in [5, 5.41) is 2.59. The lowest BCUT2D eigenvalue weighted by atomic mass is 10.2. The first kappa shape index (κ1) is 16.5. The van der Waals surface area contributed by atoms with Gasteiger partial charge in [0.25, 0.3) is 10.0 Å². The number of hydrogen-bond donors (Lipinski definition) is 2. The van der Waals surface area contributed by atoms with Gasteiger partial charge in [0.15, 0.2) is 0 Å². The number of rotatable bonds is 4. The standard InChI is InChI=1S/C15H15BrN2O3S/c1-10-9-12(16)3-8-15(10)18-22(20,21)14-6-4-13(5-7-14)17-11(2)19/h3-9,18H,1-2H3,(H,17,19). The molecule has 0 saturated carbocycles. The van der Waals surface area contributed by atoms with E-state index in [0.29, 0.717) is 11.4 Å². The lowest BCUT2D eigenvalue weighted by Crippen LogP contribution is -2.14. The van der Waals surface area contributed by atoms with Crippen LogP contribution in [0.5, 0.6) is 0 Å². The molecule has 0 saturated heterocycles. The van der Waals surface area contributed by atoms with Crippen LogP contribution in [0.1, 0.15) is 12.5 Å². The fraction of sp³-hybridized carbons (Fsp3) is 0.133. The van der Waals surface area contributed by atoms with E-state index in [4.69, 9.17) is 0 Å². The summed E-state index contributed by atoms with van der Waals surface area (Å²) in [6.45, 7) is 3.21. The van der Waals surface area contributed by atoms with Crippen LogP contribution in [0.3, 0.4) is 0 Å². The zero-order valence-electron chi connectivity index (χ0n) is 12.1. The molecule has 1 amide bonds. The Bertz CT molecular complexity index is 802. The molecule has 2 N–H and O–H groups in total. The fourth-order valence-electron chi connectivity index (χ4n) is 1.87. The summed E-state index contributed by atoms with van der Waals surface area (Å²) < 4.78 is 28.2. The average Bonchev–Trinajstić information content (AvgIpc) is 2.42. The highest BCUT2D eigenvalue weighted by Gasteiger charge is 2.15. The number of sulfonamides is 1. The van der Waals surface area contributed by atoms with Crippen LogP contribution in [0.25, 0.3) is 0 Å². The number of aryl methyl sites for hydroxylation is 1. The summed E-state index contributed by atoms with van der Waals surface area (Å²) >= 11 is 3.34. The molecule has 116 valence electrons. The summed E-state index contributed by atoms with van der Waals surface area (Å²) in [5.74, 6) is -0.209. The van der Waals surface area contributed by atoms with E-state index in [1.165, 1.54) is 19.1 Å². The maximum atomic E-state index is 12.4. The molecule has 0 radical (unpaired) electrons. The van der Waals surface area contributed by atoms with E-state index in [0.717, 1.165) is 10.0 Å². The van der Waals surface area contributed by atoms with E-state index in [1.807, 2.05) is 13.0 Å². The molecular weight excluding hydrogens is 368 g/mol. The number of nitrogens with one attached hydrogen (secondary N) is 2. The van der Waals surface area contributed by atoms with Crippen molar-refractivity contribution in [3.8, 4) is 0 Å². The van der Waals surface area contributed by atoms with E-state index in [-0.39, 0.29) is 10.8 Å². The van der Waals surface area contributed by atoms with Gasteiger partial charge in [-0.2, -0.15) is 0 Å². The normalized spacial score (nSPS) is 11.0. The van der Waals surface area contributed by atoms with E-state index in [2.05, 4.69) is 26.0 Å². The van der Waals surface area contributed by atoms with Crippen molar-refractivity contribution < 1.29 is 13.2 Å². The molecular formula is C15H15BrN2O3S. The molecule has 22 heavy (non-hydrogen) atoms. The van der Waals surface area contributed by atoms with Gasteiger partial charge >= 0.3 is 0 Å². The fourth-order valence-corrected chi connectivity index (χ4v) is 3.47. The van der Waals surface area contributed by atoms with E-state index < -0.39 is 10.0 Å². The highest BCUT2D eigenvalue weighted by Crippen LogP contribution is 2.23. The van der Waals surface area contributed by atoms with Crippen LogP contribution in [0, 0.1) is 6.92 Å². The minimum Gasteiger partial charge on any atom is -0.326 e. The predicted molar refractivity (Wildman–Crippen MR) is 90.4 cm³/mol. The molecule has 0 spiro atoms. The number of carbonyl (C=O) groups excluding carboxylic acids is 1. The third-order valence-electron chi connectivity index (χ3n) is 2.92. The Hall–Kier alpha value is -1.86. The zero-order valence-corrected chi connectivity index (χ0v) is 14.5. The number of benzene rings is 2. The summed E-state index contributed by atoms with van der Waals surface area (Å²) in [6, 6.07) is 11.3. The molecule has 5 nitrogen and oxygen atoms in total. The number of amides is 1. The predicted octanol–water partition coefficient (Wildman–Crippen LogP) is 3.52. The van der Waals surface area contributed by atoms with Gasteiger partial charge in [0.2, 0.25) is 5.91 Å². The second kappa shape index (κ2) is 6.50. The number of carbonyl (C=O) groups is 1. The van der Waals surface area contributed by atoms with Crippen molar-refractivity contribution >= 4 is 43.2 Å². The minimum atomic E-state index is -3.67. The maximum Gasteiger partial charge on any atom is 0.261 e. The van der Waals surface area contributed by atoms with Crippen LogP contribution in [0.2, 0.25) is 0 Å². The van der Waals surface area contributed by atoms with Crippen molar-refractivity contribution in [3.63, 3.8) is 0 Å². The topological polar surface area (TPSA) is 75.3 Å². The van der Waals surface area contributed by atoms with Crippen LogP contribution in [0.15, 0.2) is 51.8 Å². The monoisotopic (exact) mass is 382 g/mol. The second-order valence-corrected chi connectivity index (χ2v) is 7.37. The van der Waals surface area contributed by atoms with Gasteiger partial charge in [-0.25, -0.2) is 8.42 Å². The van der Waals surface area contributed by atoms with Crippen LogP contribution >= 0.6 is 15.9 Å². The largest absolute Gasteiger partial charge is 0.326 e. The van der Waals surface area contributed by atoms with Gasteiger partial charge in [-0.3, -0.25) is 9.52 Å². The molecule has 0 fully saturated rings. The Morgan fingerprint density at radius 2 is 1.73 bits per heavy atom. The lowest BCUT2D eigenvalue weighted by Gasteiger charge is -2.11. The van der Waals surface area contributed by atoms with E-state index >= 15 is 0 Å². The molecule has 0 heterocycles. The number of halogens is 1. The number of anilines is 2. The molecule has 0 aliphatic heterocycles. The van der Waals surface area contributed by atoms with Gasteiger partial charge in [-0.05, 0) is 55.0 Å². The van der Waals surface area contributed by atoms with Crippen molar-refractivity contribution in [2.45, 2.75) is 18.7 Å². The zero-order chi connectivity index (χ0) is 16.3. The Morgan fingerprint density at radius 1 is 1.09 bits per heavy atom. The molecule has 0 aliphatic carbocycles. The van der Waals surface area contributed by atoms with Crippen LogP contribution < -0.4 is 10.0 Å². The van der Waals surface area contributed by atoms with Gasteiger partial charge in [0, 0.05) is 17.1 Å². The third-order valence-corrected chi connectivity index (χ3v) is 4.79. The van der Waals surface area contributed by atoms with E-state index in [1.54, 1.807) is 24.3 Å². The highest BCUT2D eigenvalue weighted by atomic mass is 79.9. The molecule has 0 atom stereocenters. The van der Waals surface area contributed by atoms with Crippen molar-refractivity contribution in [1.82, 2.24) is 0 Å². The van der Waals surface area contributed by atoms with Crippen molar-refractivity contribution in [3.05, 3.63) is 52.5 Å². The Kier molecular flexibility index (Phi) is 4.87.